The van der Waals surface area contributed by atoms with E-state index in [9.17, 15) is 5.11 Å². The molecule has 0 unspecified atom stereocenters. The maximum Gasteiger partial charge on any atom is 0.223 e. The zero-order valence-electron chi connectivity index (χ0n) is 18.9. The van der Waals surface area contributed by atoms with E-state index in [1.165, 1.54) is 11.1 Å². The van der Waals surface area contributed by atoms with Gasteiger partial charge in [-0.15, -0.1) is 0 Å². The molecule has 6 heteroatoms. The van der Waals surface area contributed by atoms with E-state index in [2.05, 4.69) is 57.4 Å². The molecule has 0 bridgehead atoms. The van der Waals surface area contributed by atoms with Crippen LogP contribution in [0.2, 0.25) is 0 Å². The minimum absolute atomic E-state index is 0.282. The first-order valence-electron chi connectivity index (χ1n) is 11.2. The van der Waals surface area contributed by atoms with Crippen molar-refractivity contribution in [1.82, 2.24) is 19.9 Å². The molecule has 2 aromatic heterocycles. The van der Waals surface area contributed by atoms with Crippen LogP contribution >= 0.6 is 0 Å². The van der Waals surface area contributed by atoms with Crippen LogP contribution in [-0.2, 0) is 19.5 Å². The van der Waals surface area contributed by atoms with Crippen LogP contribution in [0.4, 0.5) is 5.95 Å². The number of nitrogens with zero attached hydrogens (tertiary/aromatic N) is 4. The van der Waals surface area contributed by atoms with Gasteiger partial charge < -0.3 is 10.4 Å². The summed E-state index contributed by atoms with van der Waals surface area (Å²) in [6.45, 7) is 5.59. The average molecular weight is 440 g/mol. The number of rotatable bonds is 10. The summed E-state index contributed by atoms with van der Waals surface area (Å²) in [6, 6.07) is 21.8. The highest BCUT2D eigenvalue weighted by Gasteiger charge is 2.08. The number of benzene rings is 2. The Labute approximate surface area is 195 Å². The zero-order chi connectivity index (χ0) is 22.9. The van der Waals surface area contributed by atoms with Gasteiger partial charge in [-0.2, -0.15) is 0 Å². The molecule has 2 heterocycles. The highest BCUT2D eigenvalue weighted by atomic mass is 16.3. The number of nitrogens with one attached hydrogen (secondary N) is 1. The van der Waals surface area contributed by atoms with E-state index in [1.807, 2.05) is 36.7 Å². The summed E-state index contributed by atoms with van der Waals surface area (Å²) in [5, 5.41) is 12.7. The van der Waals surface area contributed by atoms with Crippen LogP contribution in [0.25, 0.3) is 11.3 Å². The van der Waals surface area contributed by atoms with Gasteiger partial charge in [0, 0.05) is 43.8 Å². The number of anilines is 1. The van der Waals surface area contributed by atoms with E-state index < -0.39 is 0 Å². The molecule has 0 atom stereocenters. The van der Waals surface area contributed by atoms with E-state index in [4.69, 9.17) is 4.98 Å². The van der Waals surface area contributed by atoms with Gasteiger partial charge in [0.2, 0.25) is 5.95 Å². The SMILES string of the molecule is CCN(Cc1cccnc1)Cc1cccc(-c2ccnc(NCCc3ccc(O)cc3)n2)c1. The van der Waals surface area contributed by atoms with Gasteiger partial charge in [-0.3, -0.25) is 9.88 Å². The molecule has 0 aliphatic rings. The molecule has 0 saturated heterocycles. The molecule has 0 radical (unpaired) electrons. The van der Waals surface area contributed by atoms with E-state index in [0.717, 1.165) is 42.9 Å². The van der Waals surface area contributed by atoms with Gasteiger partial charge >= 0.3 is 0 Å². The third-order valence-electron chi connectivity index (χ3n) is 5.49. The highest BCUT2D eigenvalue weighted by Crippen LogP contribution is 2.20. The lowest BCUT2D eigenvalue weighted by Crippen LogP contribution is -2.22. The highest BCUT2D eigenvalue weighted by molar-refractivity contribution is 5.61. The van der Waals surface area contributed by atoms with Crippen molar-refractivity contribution in [1.29, 1.82) is 0 Å². The van der Waals surface area contributed by atoms with Crippen molar-refractivity contribution in [2.75, 3.05) is 18.4 Å². The molecule has 168 valence electrons. The molecule has 4 aromatic rings. The number of phenolic OH excluding ortho intramolecular Hbond substituents is 1. The Morgan fingerprint density at radius 1 is 0.879 bits per heavy atom. The molecule has 0 saturated carbocycles. The van der Waals surface area contributed by atoms with Crippen molar-refractivity contribution in [3.63, 3.8) is 0 Å². The summed E-state index contributed by atoms with van der Waals surface area (Å²) in [4.78, 5) is 15.7. The van der Waals surface area contributed by atoms with Gasteiger partial charge in [-0.25, -0.2) is 9.97 Å². The monoisotopic (exact) mass is 439 g/mol. The van der Waals surface area contributed by atoms with Gasteiger partial charge in [0.25, 0.3) is 0 Å². The number of pyridine rings is 1. The van der Waals surface area contributed by atoms with Crippen molar-refractivity contribution in [3.8, 4) is 17.0 Å². The summed E-state index contributed by atoms with van der Waals surface area (Å²) in [5.74, 6) is 0.896. The molecular formula is C27H29N5O. The number of hydrogen-bond acceptors (Lipinski definition) is 6. The largest absolute Gasteiger partial charge is 0.508 e. The molecular weight excluding hydrogens is 410 g/mol. The summed E-state index contributed by atoms with van der Waals surface area (Å²) in [5.41, 5.74) is 5.59. The second kappa shape index (κ2) is 11.2. The maximum absolute atomic E-state index is 9.41. The van der Waals surface area contributed by atoms with Crippen LogP contribution < -0.4 is 5.32 Å². The summed E-state index contributed by atoms with van der Waals surface area (Å²) < 4.78 is 0. The van der Waals surface area contributed by atoms with Crippen molar-refractivity contribution in [2.24, 2.45) is 0 Å². The molecule has 6 nitrogen and oxygen atoms in total. The molecule has 4 rings (SSSR count). The maximum atomic E-state index is 9.41. The molecule has 0 aliphatic heterocycles. The van der Waals surface area contributed by atoms with E-state index in [0.29, 0.717) is 12.5 Å². The van der Waals surface area contributed by atoms with Crippen LogP contribution in [0, 0.1) is 0 Å². The average Bonchev–Trinajstić information content (AvgIpc) is 2.86. The lowest BCUT2D eigenvalue weighted by Gasteiger charge is -2.20. The Morgan fingerprint density at radius 3 is 2.48 bits per heavy atom. The molecule has 0 spiro atoms. The topological polar surface area (TPSA) is 74.2 Å². The first-order chi connectivity index (χ1) is 16.2. The minimum Gasteiger partial charge on any atom is -0.508 e. The van der Waals surface area contributed by atoms with Gasteiger partial charge in [0.05, 0.1) is 5.69 Å². The van der Waals surface area contributed by atoms with Gasteiger partial charge in [-0.05, 0) is 60.0 Å². The smallest absolute Gasteiger partial charge is 0.223 e. The van der Waals surface area contributed by atoms with Crippen LogP contribution in [0.1, 0.15) is 23.6 Å². The lowest BCUT2D eigenvalue weighted by molar-refractivity contribution is 0.271. The summed E-state index contributed by atoms with van der Waals surface area (Å²) >= 11 is 0. The number of aromatic nitrogens is 3. The molecule has 0 amide bonds. The minimum atomic E-state index is 0.282. The fourth-order valence-corrected chi connectivity index (χ4v) is 3.70. The Hall–Kier alpha value is -3.77. The quantitative estimate of drug-likeness (QED) is 0.365. The van der Waals surface area contributed by atoms with Crippen molar-refractivity contribution >= 4 is 5.95 Å². The van der Waals surface area contributed by atoms with Crippen molar-refractivity contribution in [2.45, 2.75) is 26.4 Å². The number of aromatic hydroxyl groups is 1. The summed E-state index contributed by atoms with van der Waals surface area (Å²) in [7, 11) is 0. The number of phenols is 1. The Bertz CT molecular complexity index is 1150. The Morgan fingerprint density at radius 2 is 1.70 bits per heavy atom. The van der Waals surface area contributed by atoms with Crippen LogP contribution in [0.3, 0.4) is 0 Å². The second-order valence-electron chi connectivity index (χ2n) is 7.97. The van der Waals surface area contributed by atoms with Gasteiger partial charge in [0.15, 0.2) is 0 Å². The lowest BCUT2D eigenvalue weighted by atomic mass is 10.1. The molecule has 2 aromatic carbocycles. The molecule has 33 heavy (non-hydrogen) atoms. The first-order valence-corrected chi connectivity index (χ1v) is 11.2. The van der Waals surface area contributed by atoms with Gasteiger partial charge in [-0.1, -0.05) is 43.3 Å². The third-order valence-corrected chi connectivity index (χ3v) is 5.49. The fraction of sp³-hybridized carbons (Fsp3) is 0.222. The standard InChI is InChI=1S/C27H29N5O/c1-2-32(20-23-6-4-14-28-18-23)19-22-5-3-7-24(17-22)26-13-16-30-27(31-26)29-15-12-21-8-10-25(33)11-9-21/h3-11,13-14,16-18,33H,2,12,15,19-20H2,1H3,(H,29,30,31). The first kappa shape index (κ1) is 22.4. The third kappa shape index (κ3) is 6.60. The zero-order valence-corrected chi connectivity index (χ0v) is 18.9. The predicted octanol–water partition coefficient (Wildman–Crippen LogP) is 4.92. The van der Waals surface area contributed by atoms with E-state index >= 15 is 0 Å². The Kier molecular flexibility index (Phi) is 7.61. The molecule has 2 N–H and O–H groups in total. The van der Waals surface area contributed by atoms with Crippen molar-refractivity contribution < 1.29 is 5.11 Å². The normalized spacial score (nSPS) is 11.0. The second-order valence-corrected chi connectivity index (χ2v) is 7.97. The molecule has 0 aliphatic carbocycles. The Balaban J connectivity index is 1.39. The fourth-order valence-electron chi connectivity index (χ4n) is 3.70. The van der Waals surface area contributed by atoms with Crippen LogP contribution in [0.15, 0.2) is 85.3 Å². The van der Waals surface area contributed by atoms with Crippen LogP contribution in [0.5, 0.6) is 5.75 Å². The van der Waals surface area contributed by atoms with Crippen molar-refractivity contribution in [3.05, 3.63) is 102 Å². The van der Waals surface area contributed by atoms with E-state index in [-0.39, 0.29) is 5.75 Å². The predicted molar refractivity (Wildman–Crippen MR) is 132 cm³/mol. The van der Waals surface area contributed by atoms with E-state index in [1.54, 1.807) is 18.3 Å². The summed E-state index contributed by atoms with van der Waals surface area (Å²) in [6.07, 6.45) is 6.35. The van der Waals surface area contributed by atoms with Crippen LogP contribution in [-0.4, -0.2) is 38.0 Å². The molecule has 0 fully saturated rings. The van der Waals surface area contributed by atoms with Gasteiger partial charge in [0.1, 0.15) is 5.75 Å². The number of hydrogen-bond donors (Lipinski definition) is 2.